The molecular formula is C12H12ClN3OS. The Labute approximate surface area is 114 Å². The van der Waals surface area contributed by atoms with Crippen molar-refractivity contribution in [2.45, 2.75) is 6.42 Å². The van der Waals surface area contributed by atoms with E-state index < -0.39 is 0 Å². The number of hydrogen-bond acceptors (Lipinski definition) is 4. The summed E-state index contributed by atoms with van der Waals surface area (Å²) in [5.74, 6) is 0.659. The van der Waals surface area contributed by atoms with Crippen LogP contribution in [0.1, 0.15) is 10.7 Å². The van der Waals surface area contributed by atoms with Crippen LogP contribution < -0.4 is 10.5 Å². The van der Waals surface area contributed by atoms with Gasteiger partial charge in [-0.1, -0.05) is 23.7 Å². The molecule has 4 nitrogen and oxygen atoms in total. The molecular weight excluding hydrogens is 270 g/mol. The zero-order chi connectivity index (χ0) is 13.0. The van der Waals surface area contributed by atoms with E-state index in [1.807, 2.05) is 18.2 Å². The summed E-state index contributed by atoms with van der Waals surface area (Å²) in [6.45, 7) is 0.495. The first-order valence-electron chi connectivity index (χ1n) is 5.33. The number of benzene rings is 1. The minimum absolute atomic E-state index is 0.00970. The average molecular weight is 282 g/mol. The molecule has 0 aliphatic carbocycles. The van der Waals surface area contributed by atoms with Gasteiger partial charge in [-0.15, -0.1) is 11.3 Å². The second-order valence-corrected chi connectivity index (χ2v) is 4.92. The smallest absolute Gasteiger partial charge is 0.142 e. The van der Waals surface area contributed by atoms with Gasteiger partial charge >= 0.3 is 0 Å². The molecule has 1 heterocycles. The third-order valence-corrected chi connectivity index (χ3v) is 3.46. The maximum atomic E-state index is 7.26. The predicted octanol–water partition coefficient (Wildman–Crippen LogP) is 2.70. The zero-order valence-corrected chi connectivity index (χ0v) is 11.1. The van der Waals surface area contributed by atoms with E-state index in [0.717, 1.165) is 5.01 Å². The maximum Gasteiger partial charge on any atom is 0.142 e. The SMILES string of the molecule is N=C(N)c1csc(CCOc2ccccc2Cl)n1. The number of nitrogens with one attached hydrogen (secondary N) is 1. The van der Waals surface area contributed by atoms with Crippen molar-refractivity contribution in [3.63, 3.8) is 0 Å². The van der Waals surface area contributed by atoms with Gasteiger partial charge < -0.3 is 10.5 Å². The summed E-state index contributed by atoms with van der Waals surface area (Å²) in [4.78, 5) is 4.22. The normalized spacial score (nSPS) is 10.3. The fourth-order valence-electron chi connectivity index (χ4n) is 1.36. The van der Waals surface area contributed by atoms with Gasteiger partial charge in [-0.2, -0.15) is 0 Å². The van der Waals surface area contributed by atoms with Crippen LogP contribution in [0.5, 0.6) is 5.75 Å². The van der Waals surface area contributed by atoms with Crippen LogP contribution in [0.2, 0.25) is 5.02 Å². The zero-order valence-electron chi connectivity index (χ0n) is 9.52. The molecule has 2 aromatic rings. The monoisotopic (exact) mass is 281 g/mol. The summed E-state index contributed by atoms with van der Waals surface area (Å²) in [5, 5.41) is 10.5. The highest BCUT2D eigenvalue weighted by Gasteiger charge is 2.05. The van der Waals surface area contributed by atoms with Gasteiger partial charge in [-0.25, -0.2) is 4.98 Å². The number of nitrogen functional groups attached to an aromatic ring is 1. The van der Waals surface area contributed by atoms with Crippen molar-refractivity contribution >= 4 is 28.8 Å². The topological polar surface area (TPSA) is 72.0 Å². The molecule has 1 aromatic carbocycles. The van der Waals surface area contributed by atoms with Gasteiger partial charge in [0.2, 0.25) is 0 Å². The molecule has 0 radical (unpaired) electrons. The van der Waals surface area contributed by atoms with Gasteiger partial charge in [0.1, 0.15) is 17.3 Å². The van der Waals surface area contributed by atoms with E-state index in [1.165, 1.54) is 11.3 Å². The summed E-state index contributed by atoms with van der Waals surface area (Å²) < 4.78 is 5.56. The summed E-state index contributed by atoms with van der Waals surface area (Å²) >= 11 is 7.44. The lowest BCUT2D eigenvalue weighted by atomic mass is 10.3. The molecule has 0 aliphatic heterocycles. The van der Waals surface area contributed by atoms with Crippen molar-refractivity contribution in [1.29, 1.82) is 5.41 Å². The van der Waals surface area contributed by atoms with Crippen LogP contribution >= 0.6 is 22.9 Å². The Bertz CT molecular complexity index is 556. The highest BCUT2D eigenvalue weighted by Crippen LogP contribution is 2.23. The van der Waals surface area contributed by atoms with Gasteiger partial charge in [0.15, 0.2) is 0 Å². The van der Waals surface area contributed by atoms with E-state index in [0.29, 0.717) is 29.5 Å². The van der Waals surface area contributed by atoms with Crippen molar-refractivity contribution in [3.8, 4) is 5.75 Å². The summed E-state index contributed by atoms with van der Waals surface area (Å²) in [5.41, 5.74) is 5.87. The maximum absolute atomic E-state index is 7.26. The molecule has 0 aliphatic rings. The molecule has 0 unspecified atom stereocenters. The van der Waals surface area contributed by atoms with Crippen LogP contribution in [0.25, 0.3) is 0 Å². The van der Waals surface area contributed by atoms with Crippen LogP contribution in [0.3, 0.4) is 0 Å². The number of aromatic nitrogens is 1. The van der Waals surface area contributed by atoms with Crippen LogP contribution in [0.15, 0.2) is 29.6 Å². The first-order valence-corrected chi connectivity index (χ1v) is 6.58. The number of ether oxygens (including phenoxy) is 1. The molecule has 18 heavy (non-hydrogen) atoms. The quantitative estimate of drug-likeness (QED) is 0.654. The molecule has 0 fully saturated rings. The van der Waals surface area contributed by atoms with Gasteiger partial charge in [-0.3, -0.25) is 5.41 Å². The Morgan fingerprint density at radius 3 is 2.89 bits per heavy atom. The Morgan fingerprint density at radius 2 is 2.22 bits per heavy atom. The molecule has 2 rings (SSSR count). The summed E-state index contributed by atoms with van der Waals surface area (Å²) in [7, 11) is 0. The number of nitrogens with zero attached hydrogens (tertiary/aromatic N) is 1. The standard InChI is InChI=1S/C12H12ClN3OS/c13-8-3-1-2-4-10(8)17-6-5-11-16-9(7-18-11)12(14)15/h1-4,7H,5-6H2,(H3,14,15). The predicted molar refractivity (Wildman–Crippen MR) is 73.8 cm³/mol. The van der Waals surface area contributed by atoms with E-state index in [4.69, 9.17) is 27.5 Å². The molecule has 0 saturated heterocycles. The summed E-state index contributed by atoms with van der Waals surface area (Å²) in [6, 6.07) is 7.34. The largest absolute Gasteiger partial charge is 0.492 e. The lowest BCUT2D eigenvalue weighted by Gasteiger charge is -2.06. The molecule has 0 amide bonds. The molecule has 1 aromatic heterocycles. The molecule has 0 spiro atoms. The van der Waals surface area contributed by atoms with E-state index >= 15 is 0 Å². The summed E-state index contributed by atoms with van der Waals surface area (Å²) in [6.07, 6.45) is 0.670. The van der Waals surface area contributed by atoms with Crippen molar-refractivity contribution in [3.05, 3.63) is 45.4 Å². The fraction of sp³-hybridized carbons (Fsp3) is 0.167. The van der Waals surface area contributed by atoms with E-state index in [9.17, 15) is 0 Å². The molecule has 0 saturated carbocycles. The number of rotatable bonds is 5. The number of thiazole rings is 1. The third-order valence-electron chi connectivity index (χ3n) is 2.24. The van der Waals surface area contributed by atoms with E-state index in [1.54, 1.807) is 11.4 Å². The van der Waals surface area contributed by atoms with Gasteiger partial charge in [-0.05, 0) is 12.1 Å². The Kier molecular flexibility index (Phi) is 4.17. The minimum Gasteiger partial charge on any atom is -0.492 e. The molecule has 94 valence electrons. The van der Waals surface area contributed by atoms with Gasteiger partial charge in [0, 0.05) is 11.8 Å². The molecule has 0 bridgehead atoms. The molecule has 6 heteroatoms. The minimum atomic E-state index is -0.00970. The number of amidine groups is 1. The van der Waals surface area contributed by atoms with Crippen molar-refractivity contribution in [1.82, 2.24) is 4.98 Å². The highest BCUT2D eigenvalue weighted by molar-refractivity contribution is 7.09. The third kappa shape index (κ3) is 3.21. The van der Waals surface area contributed by atoms with E-state index in [-0.39, 0.29) is 5.84 Å². The molecule has 3 N–H and O–H groups in total. The Hall–Kier alpha value is -1.59. The number of halogens is 1. The lowest BCUT2D eigenvalue weighted by molar-refractivity contribution is 0.322. The number of hydrogen-bond donors (Lipinski definition) is 2. The van der Waals surface area contributed by atoms with Crippen LogP contribution in [-0.4, -0.2) is 17.4 Å². The second-order valence-electron chi connectivity index (χ2n) is 3.57. The lowest BCUT2D eigenvalue weighted by Crippen LogP contribution is -2.11. The van der Waals surface area contributed by atoms with Crippen molar-refractivity contribution in [2.24, 2.45) is 5.73 Å². The first-order chi connectivity index (χ1) is 8.66. The fourth-order valence-corrected chi connectivity index (χ4v) is 2.33. The Balaban J connectivity index is 1.88. The number of para-hydroxylation sites is 1. The highest BCUT2D eigenvalue weighted by atomic mass is 35.5. The van der Waals surface area contributed by atoms with Crippen molar-refractivity contribution < 1.29 is 4.74 Å². The second kappa shape index (κ2) is 5.84. The van der Waals surface area contributed by atoms with Crippen LogP contribution in [-0.2, 0) is 6.42 Å². The van der Waals surface area contributed by atoms with Gasteiger partial charge in [0.25, 0.3) is 0 Å². The van der Waals surface area contributed by atoms with Gasteiger partial charge in [0.05, 0.1) is 16.6 Å². The molecule has 0 atom stereocenters. The van der Waals surface area contributed by atoms with Crippen LogP contribution in [0.4, 0.5) is 0 Å². The average Bonchev–Trinajstić information content (AvgIpc) is 2.80. The van der Waals surface area contributed by atoms with Crippen molar-refractivity contribution in [2.75, 3.05) is 6.61 Å². The number of nitrogens with two attached hydrogens (primary N) is 1. The Morgan fingerprint density at radius 1 is 1.44 bits per heavy atom. The van der Waals surface area contributed by atoms with E-state index in [2.05, 4.69) is 4.98 Å². The van der Waals surface area contributed by atoms with Crippen LogP contribution in [0, 0.1) is 5.41 Å². The first kappa shape index (κ1) is 12.9.